The molecule has 4 rings (SSSR count). The number of hydrogen-bond acceptors (Lipinski definition) is 3. The Morgan fingerprint density at radius 3 is 2.50 bits per heavy atom. The lowest BCUT2D eigenvalue weighted by Crippen LogP contribution is -2.54. The Morgan fingerprint density at radius 2 is 1.81 bits per heavy atom. The number of likely N-dealkylation sites (tertiary alicyclic amines) is 1. The highest BCUT2D eigenvalue weighted by Crippen LogP contribution is 2.37. The molecule has 5 nitrogen and oxygen atoms in total. The molecule has 1 atom stereocenters. The van der Waals surface area contributed by atoms with Gasteiger partial charge in [0.2, 0.25) is 11.8 Å². The van der Waals surface area contributed by atoms with Gasteiger partial charge >= 0.3 is 0 Å². The lowest BCUT2D eigenvalue weighted by atomic mass is 9.72. The normalized spacial score (nSPS) is 25.5. The Labute approximate surface area is 155 Å². The van der Waals surface area contributed by atoms with E-state index in [-0.39, 0.29) is 17.7 Å². The van der Waals surface area contributed by atoms with Crippen molar-refractivity contribution < 1.29 is 14.3 Å². The third-order valence-electron chi connectivity index (χ3n) is 6.09. The first-order valence-corrected chi connectivity index (χ1v) is 9.92. The Morgan fingerprint density at radius 1 is 1.08 bits per heavy atom. The number of benzene rings is 1. The second kappa shape index (κ2) is 7.39. The van der Waals surface area contributed by atoms with E-state index in [1.807, 2.05) is 23.1 Å². The highest BCUT2D eigenvalue weighted by atomic mass is 16.5. The van der Waals surface area contributed by atoms with Crippen LogP contribution >= 0.6 is 0 Å². The molecular weight excluding hydrogens is 328 g/mol. The smallest absolute Gasteiger partial charge is 0.233 e. The van der Waals surface area contributed by atoms with Gasteiger partial charge in [0.1, 0.15) is 0 Å². The molecular formula is C21H28N2O3. The fraction of sp³-hybridized carbons (Fsp3) is 0.619. The van der Waals surface area contributed by atoms with E-state index in [0.29, 0.717) is 38.6 Å². The van der Waals surface area contributed by atoms with Crippen LogP contribution in [0.1, 0.15) is 44.1 Å². The summed E-state index contributed by atoms with van der Waals surface area (Å²) >= 11 is 0. The lowest BCUT2D eigenvalue weighted by Gasteiger charge is -2.42. The summed E-state index contributed by atoms with van der Waals surface area (Å²) in [4.78, 5) is 28.0. The SMILES string of the molecule is O=C(NC1CC1)C1CCCN(C(=O)C2(c3ccccc3)CCOCC2)C1. The van der Waals surface area contributed by atoms with Crippen LogP contribution < -0.4 is 5.32 Å². The fourth-order valence-corrected chi connectivity index (χ4v) is 4.33. The van der Waals surface area contributed by atoms with E-state index >= 15 is 0 Å². The number of nitrogens with one attached hydrogen (secondary N) is 1. The lowest BCUT2D eigenvalue weighted by molar-refractivity contribution is -0.144. The second-order valence-electron chi connectivity index (χ2n) is 7.93. The third-order valence-corrected chi connectivity index (χ3v) is 6.09. The van der Waals surface area contributed by atoms with Crippen molar-refractivity contribution in [3.63, 3.8) is 0 Å². The van der Waals surface area contributed by atoms with Gasteiger partial charge < -0.3 is 15.0 Å². The van der Waals surface area contributed by atoms with Crippen molar-refractivity contribution in [2.24, 2.45) is 5.92 Å². The Hall–Kier alpha value is -1.88. The molecule has 2 saturated heterocycles. The minimum atomic E-state index is -0.506. The number of ether oxygens (including phenoxy) is 1. The minimum absolute atomic E-state index is 0.0686. The summed E-state index contributed by atoms with van der Waals surface area (Å²) in [6.07, 6.45) is 5.40. The van der Waals surface area contributed by atoms with E-state index in [1.54, 1.807) is 0 Å². The van der Waals surface area contributed by atoms with Crippen LogP contribution in [0.15, 0.2) is 30.3 Å². The van der Waals surface area contributed by atoms with E-state index in [2.05, 4.69) is 17.4 Å². The van der Waals surface area contributed by atoms with Gasteiger partial charge in [-0.1, -0.05) is 30.3 Å². The van der Waals surface area contributed by atoms with Crippen molar-refractivity contribution in [3.05, 3.63) is 35.9 Å². The standard InChI is InChI=1S/C21H28N2O3/c24-19(22-18-8-9-18)16-5-4-12-23(15-16)20(25)21(10-13-26-14-11-21)17-6-2-1-3-7-17/h1-3,6-7,16,18H,4-5,8-15H2,(H,22,24). The molecule has 0 aromatic heterocycles. The van der Waals surface area contributed by atoms with Gasteiger partial charge in [0.15, 0.2) is 0 Å². The van der Waals surface area contributed by atoms with Crippen LogP contribution in [-0.4, -0.2) is 49.1 Å². The molecule has 3 fully saturated rings. The van der Waals surface area contributed by atoms with E-state index in [9.17, 15) is 9.59 Å². The first-order valence-electron chi connectivity index (χ1n) is 9.92. The maximum atomic E-state index is 13.6. The summed E-state index contributed by atoms with van der Waals surface area (Å²) in [7, 11) is 0. The fourth-order valence-electron chi connectivity index (χ4n) is 4.33. The molecule has 1 aromatic rings. The van der Waals surface area contributed by atoms with Gasteiger partial charge in [0.25, 0.3) is 0 Å². The first-order chi connectivity index (χ1) is 12.7. The van der Waals surface area contributed by atoms with Crippen molar-refractivity contribution in [3.8, 4) is 0 Å². The molecule has 1 saturated carbocycles. The number of rotatable bonds is 4. The molecule has 1 aromatic carbocycles. The summed E-state index contributed by atoms with van der Waals surface area (Å²) < 4.78 is 5.56. The van der Waals surface area contributed by atoms with Crippen LogP contribution in [0.3, 0.4) is 0 Å². The van der Waals surface area contributed by atoms with Gasteiger partial charge in [-0.15, -0.1) is 0 Å². The number of carbonyl (C=O) groups is 2. The molecule has 3 aliphatic rings. The van der Waals surface area contributed by atoms with E-state index in [0.717, 1.165) is 37.8 Å². The zero-order valence-electron chi connectivity index (χ0n) is 15.3. The topological polar surface area (TPSA) is 58.6 Å². The number of hydrogen-bond donors (Lipinski definition) is 1. The van der Waals surface area contributed by atoms with Gasteiger partial charge in [-0.3, -0.25) is 9.59 Å². The van der Waals surface area contributed by atoms with Crippen LogP contribution in [0.25, 0.3) is 0 Å². The number of amides is 2. The molecule has 1 N–H and O–H groups in total. The van der Waals surface area contributed by atoms with Gasteiger partial charge in [0.05, 0.1) is 11.3 Å². The van der Waals surface area contributed by atoms with Crippen LogP contribution in [0.4, 0.5) is 0 Å². The summed E-state index contributed by atoms with van der Waals surface area (Å²) in [6, 6.07) is 10.5. The van der Waals surface area contributed by atoms with Crippen molar-refractivity contribution in [2.45, 2.75) is 50.0 Å². The van der Waals surface area contributed by atoms with E-state index in [1.165, 1.54) is 0 Å². The minimum Gasteiger partial charge on any atom is -0.381 e. The number of piperidine rings is 1. The molecule has 2 aliphatic heterocycles. The first kappa shape index (κ1) is 17.5. The molecule has 1 aliphatic carbocycles. The van der Waals surface area contributed by atoms with Gasteiger partial charge in [-0.25, -0.2) is 0 Å². The van der Waals surface area contributed by atoms with Crippen LogP contribution in [0, 0.1) is 5.92 Å². The molecule has 1 unspecified atom stereocenters. The van der Waals surface area contributed by atoms with Crippen LogP contribution in [0.5, 0.6) is 0 Å². The second-order valence-corrected chi connectivity index (χ2v) is 7.93. The largest absolute Gasteiger partial charge is 0.381 e. The monoisotopic (exact) mass is 356 g/mol. The van der Waals surface area contributed by atoms with Crippen LogP contribution in [-0.2, 0) is 19.7 Å². The molecule has 2 heterocycles. The Balaban J connectivity index is 1.52. The number of carbonyl (C=O) groups excluding carboxylic acids is 2. The Kier molecular flexibility index (Phi) is 4.98. The zero-order chi connectivity index (χ0) is 18.0. The van der Waals surface area contributed by atoms with Crippen molar-refractivity contribution in [2.75, 3.05) is 26.3 Å². The molecule has 0 radical (unpaired) electrons. The highest BCUT2D eigenvalue weighted by molar-refractivity contribution is 5.89. The molecule has 5 heteroatoms. The van der Waals surface area contributed by atoms with Crippen LogP contribution in [0.2, 0.25) is 0 Å². The zero-order valence-corrected chi connectivity index (χ0v) is 15.3. The highest BCUT2D eigenvalue weighted by Gasteiger charge is 2.45. The van der Waals surface area contributed by atoms with Gasteiger partial charge in [0, 0.05) is 32.3 Å². The maximum Gasteiger partial charge on any atom is 0.233 e. The summed E-state index contributed by atoms with van der Waals surface area (Å²) in [6.45, 7) is 2.52. The van der Waals surface area contributed by atoms with Crippen molar-refractivity contribution >= 4 is 11.8 Å². The predicted molar refractivity (Wildman–Crippen MR) is 98.6 cm³/mol. The maximum absolute atomic E-state index is 13.6. The average Bonchev–Trinajstić information content (AvgIpc) is 3.52. The van der Waals surface area contributed by atoms with E-state index < -0.39 is 5.41 Å². The molecule has 0 spiro atoms. The summed E-state index contributed by atoms with van der Waals surface area (Å²) in [5, 5.41) is 3.11. The third kappa shape index (κ3) is 3.50. The van der Waals surface area contributed by atoms with Crippen molar-refractivity contribution in [1.82, 2.24) is 10.2 Å². The summed E-state index contributed by atoms with van der Waals surface area (Å²) in [5.41, 5.74) is 0.576. The quantitative estimate of drug-likeness (QED) is 0.900. The average molecular weight is 356 g/mol. The predicted octanol–water partition coefficient (Wildman–Crippen LogP) is 2.25. The molecule has 0 bridgehead atoms. The van der Waals surface area contributed by atoms with E-state index in [4.69, 9.17) is 4.74 Å². The van der Waals surface area contributed by atoms with Gasteiger partial charge in [-0.2, -0.15) is 0 Å². The number of nitrogens with zero attached hydrogens (tertiary/aromatic N) is 1. The summed E-state index contributed by atoms with van der Waals surface area (Å²) in [5.74, 6) is 0.239. The molecule has 2 amide bonds. The molecule has 26 heavy (non-hydrogen) atoms. The van der Waals surface area contributed by atoms with Crippen molar-refractivity contribution in [1.29, 1.82) is 0 Å². The molecule has 140 valence electrons. The van der Waals surface area contributed by atoms with Gasteiger partial charge in [-0.05, 0) is 44.1 Å². The Bertz CT molecular complexity index is 650.